The van der Waals surface area contributed by atoms with Crippen LogP contribution in [0.25, 0.3) is 0 Å². The molecule has 4 rings (SSSR count). The van der Waals surface area contributed by atoms with Crippen LogP contribution in [0.5, 0.6) is 0 Å². The van der Waals surface area contributed by atoms with Gasteiger partial charge in [-0.15, -0.1) is 10.2 Å². The van der Waals surface area contributed by atoms with Gasteiger partial charge in [0.15, 0.2) is 5.16 Å². The van der Waals surface area contributed by atoms with Crippen LogP contribution in [0.3, 0.4) is 0 Å². The van der Waals surface area contributed by atoms with E-state index in [2.05, 4.69) is 20.4 Å². The maximum Gasteiger partial charge on any atom is 0.234 e. The van der Waals surface area contributed by atoms with Gasteiger partial charge >= 0.3 is 0 Å². The number of nitrogens with zero attached hydrogens (tertiary/aromatic N) is 4. The largest absolute Gasteiger partial charge is 0.467 e. The maximum atomic E-state index is 12.5. The van der Waals surface area contributed by atoms with Crippen molar-refractivity contribution in [1.29, 1.82) is 0 Å². The van der Waals surface area contributed by atoms with Gasteiger partial charge in [-0.3, -0.25) is 9.36 Å². The van der Waals surface area contributed by atoms with E-state index in [0.717, 1.165) is 36.0 Å². The Kier molecular flexibility index (Phi) is 6.61. The first-order valence-electron chi connectivity index (χ1n) is 9.57. The van der Waals surface area contributed by atoms with Crippen molar-refractivity contribution >= 4 is 40.9 Å². The third-order valence-electron chi connectivity index (χ3n) is 4.68. The molecule has 1 saturated heterocycles. The van der Waals surface area contributed by atoms with E-state index in [4.69, 9.17) is 20.8 Å². The van der Waals surface area contributed by atoms with Crippen molar-refractivity contribution in [2.75, 3.05) is 42.3 Å². The molecular weight excluding hydrogens is 426 g/mol. The number of hydrogen-bond donors (Lipinski definition) is 1. The summed E-state index contributed by atoms with van der Waals surface area (Å²) < 4.78 is 12.9. The second-order valence-electron chi connectivity index (χ2n) is 6.84. The number of nitrogens with one attached hydrogen (secondary N) is 1. The van der Waals surface area contributed by atoms with E-state index in [-0.39, 0.29) is 11.7 Å². The molecule has 3 heterocycles. The van der Waals surface area contributed by atoms with Crippen LogP contribution in [0.2, 0.25) is 5.02 Å². The molecule has 2 aromatic heterocycles. The number of morpholine rings is 1. The van der Waals surface area contributed by atoms with Gasteiger partial charge in [0.25, 0.3) is 0 Å². The Bertz CT molecular complexity index is 1000. The summed E-state index contributed by atoms with van der Waals surface area (Å²) in [7, 11) is 0. The number of carbonyl (C=O) groups excluding carboxylic acids is 1. The SMILES string of the molecule is Cc1cc(Cl)ccc1NC(=O)CSc1nnc(N2CCOCC2)n1Cc1ccco1. The Labute approximate surface area is 183 Å². The fraction of sp³-hybridized carbons (Fsp3) is 0.350. The normalized spacial score (nSPS) is 14.1. The van der Waals surface area contributed by atoms with E-state index in [1.807, 2.05) is 29.7 Å². The Morgan fingerprint density at radius 1 is 1.27 bits per heavy atom. The Morgan fingerprint density at radius 2 is 2.10 bits per heavy atom. The average molecular weight is 448 g/mol. The highest BCUT2D eigenvalue weighted by atomic mass is 35.5. The molecule has 3 aromatic rings. The number of halogens is 1. The van der Waals surface area contributed by atoms with Crippen molar-refractivity contribution in [1.82, 2.24) is 14.8 Å². The number of benzene rings is 1. The zero-order chi connectivity index (χ0) is 20.9. The first-order chi connectivity index (χ1) is 14.6. The van der Waals surface area contributed by atoms with Gasteiger partial charge < -0.3 is 19.4 Å². The van der Waals surface area contributed by atoms with Gasteiger partial charge in [-0.05, 0) is 42.8 Å². The van der Waals surface area contributed by atoms with Crippen LogP contribution in [0.1, 0.15) is 11.3 Å². The standard InChI is InChI=1S/C20H22ClN5O3S/c1-14-11-15(21)4-5-17(14)22-18(27)13-30-20-24-23-19(25-6-9-28-10-7-25)26(20)12-16-3-2-8-29-16/h2-5,8,11H,6-7,9-10,12-13H2,1H3,(H,22,27). The zero-order valence-electron chi connectivity index (χ0n) is 16.5. The third-order valence-corrected chi connectivity index (χ3v) is 5.88. The van der Waals surface area contributed by atoms with E-state index in [0.29, 0.717) is 29.9 Å². The van der Waals surface area contributed by atoms with Crippen LogP contribution >= 0.6 is 23.4 Å². The Morgan fingerprint density at radius 3 is 2.83 bits per heavy atom. The lowest BCUT2D eigenvalue weighted by atomic mass is 10.2. The van der Waals surface area contributed by atoms with Crippen molar-refractivity contribution in [2.24, 2.45) is 0 Å². The lowest BCUT2D eigenvalue weighted by Gasteiger charge is -2.27. The highest BCUT2D eigenvalue weighted by molar-refractivity contribution is 7.99. The highest BCUT2D eigenvalue weighted by Gasteiger charge is 2.22. The van der Waals surface area contributed by atoms with Crippen LogP contribution in [0, 0.1) is 6.92 Å². The molecular formula is C20H22ClN5O3S. The first kappa shape index (κ1) is 20.8. The molecule has 1 N–H and O–H groups in total. The summed E-state index contributed by atoms with van der Waals surface area (Å²) >= 11 is 7.32. The van der Waals surface area contributed by atoms with E-state index < -0.39 is 0 Å². The van der Waals surface area contributed by atoms with E-state index in [1.165, 1.54) is 11.8 Å². The number of thioether (sulfide) groups is 1. The van der Waals surface area contributed by atoms with Crippen molar-refractivity contribution in [2.45, 2.75) is 18.6 Å². The van der Waals surface area contributed by atoms with Crippen LogP contribution in [0.4, 0.5) is 11.6 Å². The molecule has 1 aliphatic heterocycles. The summed E-state index contributed by atoms with van der Waals surface area (Å²) in [5.74, 6) is 1.64. The second kappa shape index (κ2) is 9.55. The minimum absolute atomic E-state index is 0.120. The highest BCUT2D eigenvalue weighted by Crippen LogP contribution is 2.25. The van der Waals surface area contributed by atoms with E-state index in [9.17, 15) is 4.79 Å². The topological polar surface area (TPSA) is 85.4 Å². The van der Waals surface area contributed by atoms with E-state index in [1.54, 1.807) is 18.4 Å². The Balaban J connectivity index is 1.47. The minimum atomic E-state index is -0.120. The number of ether oxygens (including phenoxy) is 1. The molecule has 0 saturated carbocycles. The molecule has 1 fully saturated rings. The number of aryl methyl sites for hydroxylation is 1. The number of carbonyl (C=O) groups is 1. The third kappa shape index (κ3) is 4.97. The number of rotatable bonds is 7. The fourth-order valence-electron chi connectivity index (χ4n) is 3.17. The molecule has 1 aromatic carbocycles. The first-order valence-corrected chi connectivity index (χ1v) is 10.9. The van der Waals surface area contributed by atoms with Gasteiger partial charge in [0.05, 0.1) is 31.8 Å². The van der Waals surface area contributed by atoms with Gasteiger partial charge in [0.2, 0.25) is 11.9 Å². The molecule has 158 valence electrons. The molecule has 8 nitrogen and oxygen atoms in total. The molecule has 0 atom stereocenters. The molecule has 0 bridgehead atoms. The molecule has 0 unspecified atom stereocenters. The second-order valence-corrected chi connectivity index (χ2v) is 8.22. The number of amides is 1. The van der Waals surface area contributed by atoms with Crippen molar-refractivity contribution < 1.29 is 13.9 Å². The summed E-state index contributed by atoms with van der Waals surface area (Å²) in [5.41, 5.74) is 1.66. The molecule has 1 aliphatic rings. The molecule has 0 spiro atoms. The summed E-state index contributed by atoms with van der Waals surface area (Å²) in [6, 6.07) is 9.14. The number of furan rings is 1. The van der Waals surface area contributed by atoms with Gasteiger partial charge in [0, 0.05) is 23.8 Å². The van der Waals surface area contributed by atoms with Gasteiger partial charge in [-0.25, -0.2) is 0 Å². The van der Waals surface area contributed by atoms with Crippen LogP contribution in [-0.4, -0.2) is 52.7 Å². The van der Waals surface area contributed by atoms with Crippen molar-refractivity contribution in [3.05, 3.63) is 52.9 Å². The molecule has 0 aliphatic carbocycles. The lowest BCUT2D eigenvalue weighted by Crippen LogP contribution is -2.38. The zero-order valence-corrected chi connectivity index (χ0v) is 18.1. The van der Waals surface area contributed by atoms with Crippen LogP contribution < -0.4 is 10.2 Å². The quantitative estimate of drug-likeness (QED) is 0.555. The van der Waals surface area contributed by atoms with Crippen LogP contribution in [-0.2, 0) is 16.1 Å². The molecule has 30 heavy (non-hydrogen) atoms. The van der Waals surface area contributed by atoms with Gasteiger partial charge in [-0.2, -0.15) is 0 Å². The number of hydrogen-bond acceptors (Lipinski definition) is 7. The predicted octanol–water partition coefficient (Wildman–Crippen LogP) is 3.45. The van der Waals surface area contributed by atoms with Gasteiger partial charge in [0.1, 0.15) is 5.76 Å². The average Bonchev–Trinajstić information content (AvgIpc) is 3.40. The van der Waals surface area contributed by atoms with Gasteiger partial charge in [-0.1, -0.05) is 23.4 Å². The lowest BCUT2D eigenvalue weighted by molar-refractivity contribution is -0.113. The predicted molar refractivity (Wildman–Crippen MR) is 116 cm³/mol. The molecule has 1 amide bonds. The molecule has 0 radical (unpaired) electrons. The smallest absolute Gasteiger partial charge is 0.234 e. The maximum absolute atomic E-state index is 12.5. The minimum Gasteiger partial charge on any atom is -0.467 e. The van der Waals surface area contributed by atoms with Crippen molar-refractivity contribution in [3.63, 3.8) is 0 Å². The number of aromatic nitrogens is 3. The Hall–Kier alpha value is -2.49. The van der Waals surface area contributed by atoms with E-state index >= 15 is 0 Å². The molecule has 10 heteroatoms. The fourth-order valence-corrected chi connectivity index (χ4v) is 4.13. The summed E-state index contributed by atoms with van der Waals surface area (Å²) in [5, 5.41) is 12.9. The summed E-state index contributed by atoms with van der Waals surface area (Å²) in [4.78, 5) is 14.6. The summed E-state index contributed by atoms with van der Waals surface area (Å²) in [6.07, 6.45) is 1.64. The summed E-state index contributed by atoms with van der Waals surface area (Å²) in [6.45, 7) is 5.20. The number of anilines is 2. The monoisotopic (exact) mass is 447 g/mol. The van der Waals surface area contributed by atoms with Crippen molar-refractivity contribution in [3.8, 4) is 0 Å². The van der Waals surface area contributed by atoms with Crippen LogP contribution in [0.15, 0.2) is 46.2 Å².